The molecule has 0 heterocycles. The van der Waals surface area contributed by atoms with E-state index in [1.807, 2.05) is 0 Å². The smallest absolute Gasteiger partial charge is 0.0604 e. The predicted molar refractivity (Wildman–Crippen MR) is 53.8 cm³/mol. The van der Waals surface area contributed by atoms with Crippen molar-refractivity contribution in [3.05, 3.63) is 0 Å². The summed E-state index contributed by atoms with van der Waals surface area (Å²) < 4.78 is 5.52. The first-order chi connectivity index (χ1) is 6.22. The zero-order chi connectivity index (χ0) is 9.31. The molecule has 0 aromatic carbocycles. The van der Waals surface area contributed by atoms with E-state index in [0.717, 1.165) is 12.6 Å². The van der Waals surface area contributed by atoms with E-state index in [1.165, 1.54) is 32.2 Å². The fourth-order valence-electron chi connectivity index (χ4n) is 1.88. The van der Waals surface area contributed by atoms with E-state index in [9.17, 15) is 0 Å². The lowest BCUT2D eigenvalue weighted by atomic mass is 9.89. The van der Waals surface area contributed by atoms with Crippen LogP contribution in [-0.2, 0) is 4.74 Å². The summed E-state index contributed by atoms with van der Waals surface area (Å²) in [5.41, 5.74) is 0.650. The summed E-state index contributed by atoms with van der Waals surface area (Å²) in [7, 11) is 0. The Bertz CT molecular complexity index is 171. The largest absolute Gasteiger partial charge is 0.378 e. The van der Waals surface area contributed by atoms with Gasteiger partial charge >= 0.3 is 0 Å². The molecule has 0 unspecified atom stereocenters. The lowest BCUT2D eigenvalue weighted by Gasteiger charge is -2.36. The number of ether oxygens (including phenoxy) is 1. The normalized spacial score (nSPS) is 35.5. The molecule has 0 aromatic heterocycles. The van der Waals surface area contributed by atoms with Gasteiger partial charge in [0.1, 0.15) is 0 Å². The van der Waals surface area contributed by atoms with E-state index in [2.05, 4.69) is 19.2 Å². The summed E-state index contributed by atoms with van der Waals surface area (Å²) in [5, 5.41) is 3.63. The first kappa shape index (κ1) is 9.47. The Morgan fingerprint density at radius 3 is 2.62 bits per heavy atom. The van der Waals surface area contributed by atoms with Crippen LogP contribution in [0, 0.1) is 5.41 Å². The minimum absolute atomic E-state index is 0.550. The number of rotatable bonds is 5. The maximum atomic E-state index is 5.52. The third-order valence-electron chi connectivity index (χ3n) is 3.42. The van der Waals surface area contributed by atoms with E-state index in [0.29, 0.717) is 11.5 Å². The van der Waals surface area contributed by atoms with Crippen LogP contribution in [-0.4, -0.2) is 25.3 Å². The van der Waals surface area contributed by atoms with Crippen molar-refractivity contribution >= 4 is 0 Å². The highest BCUT2D eigenvalue weighted by Crippen LogP contribution is 2.44. The van der Waals surface area contributed by atoms with Crippen molar-refractivity contribution in [2.24, 2.45) is 5.41 Å². The zero-order valence-electron chi connectivity index (χ0n) is 8.81. The van der Waals surface area contributed by atoms with E-state index in [1.54, 1.807) is 0 Å². The predicted octanol–water partition coefficient (Wildman–Crippen LogP) is 1.94. The molecule has 0 radical (unpaired) electrons. The van der Waals surface area contributed by atoms with Crippen LogP contribution in [0.3, 0.4) is 0 Å². The third-order valence-corrected chi connectivity index (χ3v) is 3.42. The van der Waals surface area contributed by atoms with Gasteiger partial charge in [-0.25, -0.2) is 0 Å². The van der Waals surface area contributed by atoms with Gasteiger partial charge in [-0.05, 0) is 38.0 Å². The van der Waals surface area contributed by atoms with Crippen LogP contribution >= 0.6 is 0 Å². The molecular formula is C11H21NO. The van der Waals surface area contributed by atoms with Crippen molar-refractivity contribution in [3.63, 3.8) is 0 Å². The molecule has 0 bridgehead atoms. The van der Waals surface area contributed by atoms with E-state index < -0.39 is 0 Å². The monoisotopic (exact) mass is 183 g/mol. The SMILES string of the molecule is CCOC1CC(NCC2(C)CC2)C1. The zero-order valence-corrected chi connectivity index (χ0v) is 8.81. The van der Waals surface area contributed by atoms with Gasteiger partial charge in [-0.15, -0.1) is 0 Å². The summed E-state index contributed by atoms with van der Waals surface area (Å²) in [6.07, 6.45) is 5.84. The van der Waals surface area contributed by atoms with Gasteiger partial charge in [0.25, 0.3) is 0 Å². The van der Waals surface area contributed by atoms with Crippen LogP contribution in [0.4, 0.5) is 0 Å². The van der Waals surface area contributed by atoms with Crippen molar-refractivity contribution in [2.45, 2.75) is 51.7 Å². The second-order valence-corrected chi connectivity index (χ2v) is 4.94. The van der Waals surface area contributed by atoms with Gasteiger partial charge in [0.2, 0.25) is 0 Å². The maximum absolute atomic E-state index is 5.52. The molecule has 0 saturated heterocycles. The molecule has 2 nitrogen and oxygen atoms in total. The highest BCUT2D eigenvalue weighted by Gasteiger charge is 2.38. The van der Waals surface area contributed by atoms with Crippen LogP contribution in [0.15, 0.2) is 0 Å². The molecule has 13 heavy (non-hydrogen) atoms. The lowest BCUT2D eigenvalue weighted by molar-refractivity contribution is -0.0107. The Morgan fingerprint density at radius 2 is 2.08 bits per heavy atom. The van der Waals surface area contributed by atoms with Crippen LogP contribution in [0.2, 0.25) is 0 Å². The fraction of sp³-hybridized carbons (Fsp3) is 1.00. The highest BCUT2D eigenvalue weighted by atomic mass is 16.5. The topological polar surface area (TPSA) is 21.3 Å². The first-order valence-electron chi connectivity index (χ1n) is 5.57. The fourth-order valence-corrected chi connectivity index (χ4v) is 1.88. The summed E-state index contributed by atoms with van der Waals surface area (Å²) in [6, 6.07) is 0.744. The molecule has 0 amide bonds. The number of hydrogen-bond acceptors (Lipinski definition) is 2. The van der Waals surface area contributed by atoms with Crippen LogP contribution in [0.25, 0.3) is 0 Å². The number of hydrogen-bond donors (Lipinski definition) is 1. The summed E-state index contributed by atoms with van der Waals surface area (Å²) >= 11 is 0. The molecule has 2 heteroatoms. The van der Waals surface area contributed by atoms with Gasteiger partial charge in [-0.2, -0.15) is 0 Å². The Morgan fingerprint density at radius 1 is 1.38 bits per heavy atom. The molecule has 2 fully saturated rings. The second kappa shape index (κ2) is 3.58. The van der Waals surface area contributed by atoms with Crippen molar-refractivity contribution in [3.8, 4) is 0 Å². The average Bonchev–Trinajstić information content (AvgIpc) is 2.74. The molecule has 0 aromatic rings. The number of nitrogens with one attached hydrogen (secondary N) is 1. The Labute approximate surface area is 81.0 Å². The molecule has 1 N–H and O–H groups in total. The Balaban J connectivity index is 1.54. The maximum Gasteiger partial charge on any atom is 0.0604 e. The molecule has 2 rings (SSSR count). The molecule has 76 valence electrons. The van der Waals surface area contributed by atoms with Gasteiger partial charge in [-0.1, -0.05) is 6.92 Å². The lowest BCUT2D eigenvalue weighted by Crippen LogP contribution is -2.46. The van der Waals surface area contributed by atoms with Crippen LogP contribution < -0.4 is 5.32 Å². The summed E-state index contributed by atoms with van der Waals surface area (Å²) in [4.78, 5) is 0. The Hall–Kier alpha value is -0.0800. The van der Waals surface area contributed by atoms with Gasteiger partial charge in [-0.3, -0.25) is 0 Å². The van der Waals surface area contributed by atoms with Crippen molar-refractivity contribution < 1.29 is 4.74 Å². The first-order valence-corrected chi connectivity index (χ1v) is 5.57. The molecule has 0 spiro atoms. The molecule has 2 aliphatic carbocycles. The molecule has 0 aliphatic heterocycles. The molecule has 0 atom stereocenters. The average molecular weight is 183 g/mol. The van der Waals surface area contributed by atoms with Crippen molar-refractivity contribution in [1.82, 2.24) is 5.32 Å². The van der Waals surface area contributed by atoms with E-state index in [4.69, 9.17) is 4.74 Å². The second-order valence-electron chi connectivity index (χ2n) is 4.94. The van der Waals surface area contributed by atoms with Gasteiger partial charge in [0.15, 0.2) is 0 Å². The van der Waals surface area contributed by atoms with Crippen LogP contribution in [0.5, 0.6) is 0 Å². The van der Waals surface area contributed by atoms with Gasteiger partial charge in [0, 0.05) is 19.2 Å². The van der Waals surface area contributed by atoms with Crippen molar-refractivity contribution in [1.29, 1.82) is 0 Å². The standard InChI is InChI=1S/C11H21NO/c1-3-13-10-6-9(7-10)12-8-11(2)4-5-11/h9-10,12H,3-8H2,1-2H3. The minimum Gasteiger partial charge on any atom is -0.378 e. The quantitative estimate of drug-likeness (QED) is 0.703. The van der Waals surface area contributed by atoms with E-state index >= 15 is 0 Å². The Kier molecular flexibility index (Phi) is 2.61. The molecule has 2 aliphatic rings. The van der Waals surface area contributed by atoms with Crippen LogP contribution in [0.1, 0.15) is 39.5 Å². The molecular weight excluding hydrogens is 162 g/mol. The third kappa shape index (κ3) is 2.44. The summed E-state index contributed by atoms with van der Waals surface area (Å²) in [6.45, 7) is 6.54. The minimum atomic E-state index is 0.550. The highest BCUT2D eigenvalue weighted by molar-refractivity contribution is 4.94. The molecule has 2 saturated carbocycles. The summed E-state index contributed by atoms with van der Waals surface area (Å²) in [5.74, 6) is 0. The van der Waals surface area contributed by atoms with Gasteiger partial charge < -0.3 is 10.1 Å². The van der Waals surface area contributed by atoms with Crippen molar-refractivity contribution in [2.75, 3.05) is 13.2 Å². The van der Waals surface area contributed by atoms with Gasteiger partial charge in [0.05, 0.1) is 6.10 Å². The van der Waals surface area contributed by atoms with E-state index in [-0.39, 0.29) is 0 Å².